The van der Waals surface area contributed by atoms with E-state index in [9.17, 15) is 0 Å². The molecule has 0 amide bonds. The average molecular weight is 584 g/mol. The quantitative estimate of drug-likeness (QED) is 0.183. The second-order valence-electron chi connectivity index (χ2n) is 12.7. The highest BCUT2D eigenvalue weighted by molar-refractivity contribution is 6.23. The van der Waals surface area contributed by atoms with Crippen molar-refractivity contribution in [2.24, 2.45) is 5.92 Å². The fraction of sp³-hybridized carbons (Fsp3) is 0.167. The van der Waals surface area contributed by atoms with Gasteiger partial charge in [-0.25, -0.2) is 4.98 Å². The first-order chi connectivity index (χ1) is 22.1. The van der Waals surface area contributed by atoms with Crippen LogP contribution in [0.25, 0.3) is 66.4 Å². The summed E-state index contributed by atoms with van der Waals surface area (Å²) >= 11 is 0. The molecule has 5 aromatic carbocycles. The Labute approximate surface area is 264 Å². The Balaban J connectivity index is 1.42. The molecule has 3 nitrogen and oxygen atoms in total. The number of pyridine rings is 1. The van der Waals surface area contributed by atoms with Crippen LogP contribution in [0, 0.1) is 5.92 Å². The van der Waals surface area contributed by atoms with Gasteiger partial charge in [0.2, 0.25) is 0 Å². The van der Waals surface area contributed by atoms with Crippen molar-refractivity contribution in [3.05, 3.63) is 139 Å². The Kier molecular flexibility index (Phi) is 6.75. The summed E-state index contributed by atoms with van der Waals surface area (Å²) in [6, 6.07) is 46.6. The lowest BCUT2D eigenvalue weighted by Gasteiger charge is -2.13. The van der Waals surface area contributed by atoms with Crippen molar-refractivity contribution in [2.45, 2.75) is 40.0 Å². The van der Waals surface area contributed by atoms with Crippen molar-refractivity contribution in [2.75, 3.05) is 0 Å². The lowest BCUT2D eigenvalue weighted by molar-refractivity contribution is 0.647. The number of rotatable bonds is 7. The van der Waals surface area contributed by atoms with Gasteiger partial charge in [-0.05, 0) is 66.3 Å². The van der Waals surface area contributed by atoms with Crippen molar-refractivity contribution in [3.8, 4) is 22.8 Å². The monoisotopic (exact) mass is 583 g/mol. The van der Waals surface area contributed by atoms with Crippen LogP contribution in [0.5, 0.6) is 0 Å². The second-order valence-corrected chi connectivity index (χ2v) is 12.7. The summed E-state index contributed by atoms with van der Waals surface area (Å²) in [5.74, 6) is 1.56. The summed E-state index contributed by atoms with van der Waals surface area (Å²) in [7, 11) is 0. The summed E-state index contributed by atoms with van der Waals surface area (Å²) in [6.07, 6.45) is 3.32. The van der Waals surface area contributed by atoms with Crippen LogP contribution in [0.2, 0.25) is 0 Å². The summed E-state index contributed by atoms with van der Waals surface area (Å²) in [5.41, 5.74) is 10.8. The summed E-state index contributed by atoms with van der Waals surface area (Å²) in [4.78, 5) is 5.33. The van der Waals surface area contributed by atoms with Gasteiger partial charge in [0, 0.05) is 32.8 Å². The van der Waals surface area contributed by atoms with Gasteiger partial charge < -0.3 is 4.57 Å². The van der Waals surface area contributed by atoms with Crippen molar-refractivity contribution < 1.29 is 0 Å². The maximum atomic E-state index is 5.33. The number of hydrogen-bond acceptors (Lipinski definition) is 1. The fourth-order valence-electron chi connectivity index (χ4n) is 7.10. The third-order valence-electron chi connectivity index (χ3n) is 9.06. The lowest BCUT2D eigenvalue weighted by Crippen LogP contribution is -2.01. The summed E-state index contributed by atoms with van der Waals surface area (Å²) < 4.78 is 4.83. The minimum absolute atomic E-state index is 0.634. The van der Waals surface area contributed by atoms with Crippen molar-refractivity contribution >= 4 is 43.6 Å². The van der Waals surface area contributed by atoms with E-state index in [0.29, 0.717) is 5.92 Å². The number of hydrogen-bond donors (Lipinski definition) is 0. The molecule has 0 radical (unpaired) electrons. The van der Waals surface area contributed by atoms with E-state index in [1.807, 2.05) is 0 Å². The highest BCUT2D eigenvalue weighted by Gasteiger charge is 2.21. The SMILES string of the molecule is CCCc1ccc(-n2c3ccccc3c3ccc4c5ccccc5n(-c5cccc(-c6ccc(CC(C)C)cc6)n5)c4c32)cc1. The van der Waals surface area contributed by atoms with E-state index in [1.54, 1.807) is 0 Å². The van der Waals surface area contributed by atoms with Crippen LogP contribution >= 0.6 is 0 Å². The molecule has 45 heavy (non-hydrogen) atoms. The second kappa shape index (κ2) is 11.1. The number of para-hydroxylation sites is 2. The van der Waals surface area contributed by atoms with Crippen LogP contribution in [0.4, 0.5) is 0 Å². The lowest BCUT2D eigenvalue weighted by atomic mass is 10.0. The highest BCUT2D eigenvalue weighted by atomic mass is 15.1. The van der Waals surface area contributed by atoms with Gasteiger partial charge in [-0.2, -0.15) is 0 Å². The topological polar surface area (TPSA) is 22.8 Å². The van der Waals surface area contributed by atoms with Gasteiger partial charge in [0.15, 0.2) is 0 Å². The predicted molar refractivity (Wildman–Crippen MR) is 191 cm³/mol. The van der Waals surface area contributed by atoms with Gasteiger partial charge in [0.05, 0.1) is 27.8 Å². The molecular weight excluding hydrogens is 546 g/mol. The molecule has 0 aliphatic carbocycles. The molecule has 0 aliphatic heterocycles. The number of benzene rings is 5. The largest absolute Gasteiger partial charge is 0.307 e. The zero-order chi connectivity index (χ0) is 30.5. The average Bonchev–Trinajstić information content (AvgIpc) is 3.59. The van der Waals surface area contributed by atoms with Gasteiger partial charge in [-0.3, -0.25) is 4.57 Å². The van der Waals surface area contributed by atoms with Gasteiger partial charge in [0.1, 0.15) is 5.82 Å². The Hall–Kier alpha value is -5.15. The summed E-state index contributed by atoms with van der Waals surface area (Å²) in [6.45, 7) is 6.77. The van der Waals surface area contributed by atoms with Gasteiger partial charge in [0.25, 0.3) is 0 Å². The molecule has 0 saturated heterocycles. The molecule has 8 rings (SSSR count). The molecule has 0 N–H and O–H groups in total. The van der Waals surface area contributed by atoms with Gasteiger partial charge in [-0.15, -0.1) is 0 Å². The van der Waals surface area contributed by atoms with E-state index in [-0.39, 0.29) is 0 Å². The maximum Gasteiger partial charge on any atom is 0.138 e. The Morgan fingerprint density at radius 1 is 0.556 bits per heavy atom. The zero-order valence-electron chi connectivity index (χ0n) is 26.2. The first-order valence-corrected chi connectivity index (χ1v) is 16.2. The van der Waals surface area contributed by atoms with E-state index < -0.39 is 0 Å². The molecule has 8 aromatic rings. The van der Waals surface area contributed by atoms with Crippen LogP contribution in [0.1, 0.15) is 38.3 Å². The smallest absolute Gasteiger partial charge is 0.138 e. The Morgan fingerprint density at radius 2 is 1.16 bits per heavy atom. The van der Waals surface area contributed by atoms with Crippen LogP contribution in [-0.2, 0) is 12.8 Å². The van der Waals surface area contributed by atoms with E-state index in [2.05, 4.69) is 157 Å². The third-order valence-corrected chi connectivity index (χ3v) is 9.06. The van der Waals surface area contributed by atoms with Crippen molar-refractivity contribution in [3.63, 3.8) is 0 Å². The van der Waals surface area contributed by atoms with Crippen LogP contribution in [-0.4, -0.2) is 14.1 Å². The normalized spacial score (nSPS) is 11.9. The Morgan fingerprint density at radius 3 is 1.80 bits per heavy atom. The highest BCUT2D eigenvalue weighted by Crippen LogP contribution is 2.41. The Bertz CT molecular complexity index is 2320. The van der Waals surface area contributed by atoms with E-state index in [4.69, 9.17) is 4.98 Å². The van der Waals surface area contributed by atoms with E-state index in [1.165, 1.54) is 54.9 Å². The van der Waals surface area contributed by atoms with Gasteiger partial charge >= 0.3 is 0 Å². The molecule has 0 fully saturated rings. The molecule has 0 saturated carbocycles. The van der Waals surface area contributed by atoms with Crippen LogP contribution in [0.3, 0.4) is 0 Å². The third kappa shape index (κ3) is 4.62. The fourth-order valence-corrected chi connectivity index (χ4v) is 7.10. The predicted octanol–water partition coefficient (Wildman–Crippen LogP) is 11.1. The molecule has 3 heteroatoms. The van der Waals surface area contributed by atoms with Crippen molar-refractivity contribution in [1.82, 2.24) is 14.1 Å². The van der Waals surface area contributed by atoms with Crippen molar-refractivity contribution in [1.29, 1.82) is 0 Å². The van der Waals surface area contributed by atoms with Gasteiger partial charge in [-0.1, -0.05) is 118 Å². The minimum Gasteiger partial charge on any atom is -0.307 e. The first kappa shape index (κ1) is 27.4. The van der Waals surface area contributed by atoms with E-state index in [0.717, 1.165) is 41.9 Å². The summed E-state index contributed by atoms with van der Waals surface area (Å²) in [5, 5.41) is 4.97. The molecule has 0 unspecified atom stereocenters. The van der Waals surface area contributed by atoms with Crippen LogP contribution < -0.4 is 0 Å². The standard InChI is InChI=1S/C42H37N3/c1-4-10-29-19-23-32(24-20-29)44-38-14-7-5-11-33(38)35-25-26-36-34-12-6-8-15-39(34)45(42(36)41(35)44)40-16-9-13-37(43-40)31-21-17-30(18-22-31)27-28(2)3/h5-9,11-26,28H,4,10,27H2,1-3H3. The van der Waals surface area contributed by atoms with E-state index >= 15 is 0 Å². The minimum atomic E-state index is 0.634. The molecule has 0 bridgehead atoms. The molecule has 3 aromatic heterocycles. The number of aryl methyl sites for hydroxylation is 1. The molecule has 0 aliphatic rings. The first-order valence-electron chi connectivity index (χ1n) is 16.2. The molecular formula is C42H37N3. The molecule has 0 spiro atoms. The van der Waals surface area contributed by atoms with Crippen LogP contribution in [0.15, 0.2) is 127 Å². The molecule has 220 valence electrons. The molecule has 3 heterocycles. The zero-order valence-corrected chi connectivity index (χ0v) is 26.2. The number of aromatic nitrogens is 3. The molecule has 0 atom stereocenters. The maximum absolute atomic E-state index is 5.33. The number of nitrogens with zero attached hydrogens (tertiary/aromatic N) is 3. The number of fused-ring (bicyclic) bond motifs is 7.